The van der Waals surface area contributed by atoms with Crippen LogP contribution in [0.2, 0.25) is 0 Å². The van der Waals surface area contributed by atoms with Crippen LogP contribution in [0.3, 0.4) is 0 Å². The quantitative estimate of drug-likeness (QED) is 0.290. The van der Waals surface area contributed by atoms with Gasteiger partial charge >= 0.3 is 0 Å². The van der Waals surface area contributed by atoms with Crippen molar-refractivity contribution in [1.29, 1.82) is 0 Å². The van der Waals surface area contributed by atoms with E-state index in [0.29, 0.717) is 5.92 Å². The van der Waals surface area contributed by atoms with E-state index in [0.717, 1.165) is 44.1 Å². The largest absolute Gasteiger partial charge is 0.0955 e. The minimum Gasteiger partial charge on any atom is -0.0955 e. The lowest BCUT2D eigenvalue weighted by atomic mass is 9.68. The number of fused-ring (bicyclic) bond motifs is 1. The van der Waals surface area contributed by atoms with Gasteiger partial charge < -0.3 is 0 Å². The van der Waals surface area contributed by atoms with Gasteiger partial charge in [-0.1, -0.05) is 118 Å². The minimum absolute atomic E-state index is 0.280. The Labute approximate surface area is 255 Å². The van der Waals surface area contributed by atoms with Gasteiger partial charge in [0.25, 0.3) is 0 Å². The summed E-state index contributed by atoms with van der Waals surface area (Å²) in [6.07, 6.45) is 15.7. The average molecular weight is 553 g/mol. The van der Waals surface area contributed by atoms with Crippen LogP contribution in [0.4, 0.5) is 0 Å². The second kappa shape index (κ2) is 12.3. The van der Waals surface area contributed by atoms with E-state index >= 15 is 0 Å². The summed E-state index contributed by atoms with van der Waals surface area (Å²) < 4.78 is 0. The van der Waals surface area contributed by atoms with Gasteiger partial charge in [0.2, 0.25) is 0 Å². The smallest absolute Gasteiger partial charge is 0.0203 e. The molecule has 42 heavy (non-hydrogen) atoms. The number of aryl methyl sites for hydroxylation is 3. The van der Waals surface area contributed by atoms with Gasteiger partial charge in [-0.3, -0.25) is 0 Å². The summed E-state index contributed by atoms with van der Waals surface area (Å²) in [5, 5.41) is 0. The van der Waals surface area contributed by atoms with E-state index in [4.69, 9.17) is 6.58 Å². The Bertz CT molecular complexity index is 1620. The zero-order valence-electron chi connectivity index (χ0n) is 26.8. The molecule has 2 atom stereocenters. The fourth-order valence-corrected chi connectivity index (χ4v) is 7.44. The van der Waals surface area contributed by atoms with E-state index in [9.17, 15) is 0 Å². The molecule has 3 aliphatic carbocycles. The summed E-state index contributed by atoms with van der Waals surface area (Å²) in [6.45, 7) is 27.0. The molecule has 0 amide bonds. The van der Waals surface area contributed by atoms with E-state index in [2.05, 4.69) is 115 Å². The third kappa shape index (κ3) is 5.57. The number of hydrogen-bond acceptors (Lipinski definition) is 0. The van der Waals surface area contributed by atoms with Crippen molar-refractivity contribution in [3.05, 3.63) is 153 Å². The van der Waals surface area contributed by atoms with Gasteiger partial charge in [0.15, 0.2) is 0 Å². The summed E-state index contributed by atoms with van der Waals surface area (Å²) in [6, 6.07) is 14.0. The van der Waals surface area contributed by atoms with Crippen molar-refractivity contribution >= 4 is 11.1 Å². The molecule has 0 nitrogen and oxygen atoms in total. The summed E-state index contributed by atoms with van der Waals surface area (Å²) in [5.74, 6) is 0.577. The molecule has 0 N–H and O–H groups in total. The Morgan fingerprint density at radius 3 is 2.40 bits per heavy atom. The van der Waals surface area contributed by atoms with Gasteiger partial charge in [-0.15, -0.1) is 0 Å². The van der Waals surface area contributed by atoms with E-state index in [-0.39, 0.29) is 5.92 Å². The molecule has 3 aliphatic rings. The van der Waals surface area contributed by atoms with Gasteiger partial charge in [0.05, 0.1) is 0 Å². The first kappa shape index (κ1) is 29.8. The Kier molecular flexibility index (Phi) is 8.74. The van der Waals surface area contributed by atoms with Gasteiger partial charge in [0.1, 0.15) is 0 Å². The molecule has 2 unspecified atom stereocenters. The molecule has 0 saturated heterocycles. The highest BCUT2D eigenvalue weighted by Crippen LogP contribution is 2.55. The molecule has 0 aliphatic heterocycles. The van der Waals surface area contributed by atoms with Gasteiger partial charge in [-0.25, -0.2) is 0 Å². The van der Waals surface area contributed by atoms with Crippen LogP contribution < -0.4 is 0 Å². The number of allylic oxidation sites excluding steroid dienone is 13. The molecule has 0 radical (unpaired) electrons. The topological polar surface area (TPSA) is 0 Å². The maximum atomic E-state index is 4.79. The molecule has 0 aromatic heterocycles. The van der Waals surface area contributed by atoms with Gasteiger partial charge in [0, 0.05) is 11.8 Å². The lowest BCUT2D eigenvalue weighted by Crippen LogP contribution is -2.22. The maximum Gasteiger partial charge on any atom is 0.0203 e. The minimum atomic E-state index is 0.280. The first-order valence-electron chi connectivity index (χ1n) is 15.9. The van der Waals surface area contributed by atoms with Crippen molar-refractivity contribution in [2.45, 2.75) is 86.0 Å². The van der Waals surface area contributed by atoms with E-state index in [1.165, 1.54) is 78.0 Å². The first-order valence-corrected chi connectivity index (χ1v) is 15.9. The fraction of sp³-hybridized carbons (Fsp3) is 0.333. The molecule has 2 aromatic carbocycles. The van der Waals surface area contributed by atoms with Crippen LogP contribution in [0.25, 0.3) is 11.1 Å². The van der Waals surface area contributed by atoms with E-state index < -0.39 is 0 Å². The number of rotatable bonds is 9. The Hall–Kier alpha value is -3.64. The maximum absolute atomic E-state index is 4.79. The normalized spacial score (nSPS) is 21.0. The van der Waals surface area contributed by atoms with Crippen molar-refractivity contribution in [2.24, 2.45) is 5.92 Å². The molecule has 0 heterocycles. The summed E-state index contributed by atoms with van der Waals surface area (Å²) in [5.41, 5.74) is 20.4. The molecule has 5 rings (SSSR count). The molecular formula is C42H48. The molecule has 0 bridgehead atoms. The number of hydrogen-bond donors (Lipinski definition) is 0. The van der Waals surface area contributed by atoms with Crippen molar-refractivity contribution in [1.82, 2.24) is 0 Å². The highest BCUT2D eigenvalue weighted by molar-refractivity contribution is 5.77. The lowest BCUT2D eigenvalue weighted by Gasteiger charge is -2.36. The van der Waals surface area contributed by atoms with E-state index in [1.54, 1.807) is 0 Å². The molecule has 0 heteroatoms. The SMILES string of the molecule is C=C(CCC)C1=C(C)C=C2C/C(=C\C3=CC=C(c4ccc(C)c(C(=C)C)c4)C3)C(=C)C2C1c1ccc(CC)cc1CC. The molecule has 216 valence electrons. The fourth-order valence-electron chi connectivity index (χ4n) is 7.44. The van der Waals surface area contributed by atoms with E-state index in [1.807, 2.05) is 0 Å². The molecule has 1 saturated carbocycles. The number of benzene rings is 2. The first-order chi connectivity index (χ1) is 20.2. The summed E-state index contributed by atoms with van der Waals surface area (Å²) in [4.78, 5) is 0. The summed E-state index contributed by atoms with van der Waals surface area (Å²) >= 11 is 0. The second-order valence-electron chi connectivity index (χ2n) is 12.7. The van der Waals surface area contributed by atoms with Gasteiger partial charge in [-0.05, 0) is 126 Å². The standard InChI is InChI=1S/C42H48/c1-10-13-28(7)40-29(8)20-37-24-36(30(9)41(37)42(40)38-19-16-31(11-2)21-33(38)12-3)23-32-15-18-34(22-32)35-17-14-27(6)39(25-35)26(4)5/h14-21,23,25,41-42H,4,7,9-13,22,24H2,1-3,5-6,8H3/b36-23+. The highest BCUT2D eigenvalue weighted by Gasteiger charge is 2.41. The second-order valence-corrected chi connectivity index (χ2v) is 12.7. The van der Waals surface area contributed by atoms with Crippen LogP contribution in [0.1, 0.15) is 99.6 Å². The zero-order valence-corrected chi connectivity index (χ0v) is 26.8. The molecule has 1 fully saturated rings. The zero-order chi connectivity index (χ0) is 30.1. The van der Waals surface area contributed by atoms with Crippen LogP contribution >= 0.6 is 0 Å². The lowest BCUT2D eigenvalue weighted by molar-refractivity contribution is 0.614. The average Bonchev–Trinajstić information content (AvgIpc) is 3.56. The van der Waals surface area contributed by atoms with Crippen molar-refractivity contribution < 1.29 is 0 Å². The van der Waals surface area contributed by atoms with Gasteiger partial charge in [-0.2, -0.15) is 0 Å². The van der Waals surface area contributed by atoms with Crippen molar-refractivity contribution in [3.8, 4) is 0 Å². The van der Waals surface area contributed by atoms with Crippen LogP contribution in [-0.2, 0) is 12.8 Å². The summed E-state index contributed by atoms with van der Waals surface area (Å²) in [7, 11) is 0. The van der Waals surface area contributed by atoms with Crippen molar-refractivity contribution in [2.75, 3.05) is 0 Å². The van der Waals surface area contributed by atoms with Crippen LogP contribution in [-0.4, -0.2) is 0 Å². The third-order valence-electron chi connectivity index (χ3n) is 9.64. The third-order valence-corrected chi connectivity index (χ3v) is 9.64. The van der Waals surface area contributed by atoms with Crippen molar-refractivity contribution in [3.63, 3.8) is 0 Å². The Balaban J connectivity index is 1.48. The van der Waals surface area contributed by atoms with Crippen LogP contribution in [0, 0.1) is 12.8 Å². The Morgan fingerprint density at radius 2 is 1.71 bits per heavy atom. The monoisotopic (exact) mass is 552 g/mol. The Morgan fingerprint density at radius 1 is 0.929 bits per heavy atom. The van der Waals surface area contributed by atoms with Crippen LogP contribution in [0.5, 0.6) is 0 Å². The molecular weight excluding hydrogens is 504 g/mol. The molecule has 2 aromatic rings. The molecule has 0 spiro atoms. The predicted octanol–water partition coefficient (Wildman–Crippen LogP) is 11.8. The highest BCUT2D eigenvalue weighted by atomic mass is 14.4. The predicted molar refractivity (Wildman–Crippen MR) is 185 cm³/mol. The van der Waals surface area contributed by atoms with Crippen LogP contribution in [0.15, 0.2) is 119 Å².